The van der Waals surface area contributed by atoms with E-state index in [0.29, 0.717) is 32.7 Å². The molecule has 0 aromatic heterocycles. The van der Waals surface area contributed by atoms with Crippen LogP contribution < -0.4 is 0 Å². The Balaban J connectivity index is 2.85. The lowest BCUT2D eigenvalue weighted by Crippen LogP contribution is -2.51. The lowest BCUT2D eigenvalue weighted by molar-refractivity contribution is -0.0817. The molecule has 0 radical (unpaired) electrons. The minimum atomic E-state index is -1.88. The van der Waals surface area contributed by atoms with E-state index in [0.717, 1.165) is 18.1 Å². The summed E-state index contributed by atoms with van der Waals surface area (Å²) >= 11 is 0. The van der Waals surface area contributed by atoms with Crippen molar-refractivity contribution in [2.24, 2.45) is 5.92 Å². The molecular weight excluding hydrogens is 456 g/mol. The van der Waals surface area contributed by atoms with Gasteiger partial charge in [-0.15, -0.1) is 0 Å². The van der Waals surface area contributed by atoms with Gasteiger partial charge in [-0.25, -0.2) is 0 Å². The molecule has 0 spiro atoms. The average Bonchev–Trinajstić information content (AvgIpc) is 2.77. The van der Waals surface area contributed by atoms with Gasteiger partial charge in [0.1, 0.15) is 0 Å². The van der Waals surface area contributed by atoms with E-state index >= 15 is 0 Å². The molecule has 0 heterocycles. The zero-order valence-electron chi connectivity index (χ0n) is 23.9. The number of hydrogen-bond donors (Lipinski definition) is 1. The van der Waals surface area contributed by atoms with Gasteiger partial charge in [0.2, 0.25) is 0 Å². The Morgan fingerprint density at radius 3 is 2.00 bits per heavy atom. The molecule has 0 saturated heterocycles. The molecule has 0 saturated carbocycles. The summed E-state index contributed by atoms with van der Waals surface area (Å²) in [6.07, 6.45) is 1.13. The monoisotopic (exact) mass is 510 g/mol. The first-order valence-corrected chi connectivity index (χ1v) is 18.8. The summed E-state index contributed by atoms with van der Waals surface area (Å²) < 4.78 is 19.3. The van der Waals surface area contributed by atoms with Crippen LogP contribution in [0.1, 0.15) is 73.8 Å². The molecule has 198 valence electrons. The first-order valence-electron chi connectivity index (χ1n) is 13.4. The number of ether oxygens (including phenoxy) is 1. The third-order valence-corrected chi connectivity index (χ3v) is 17.1. The van der Waals surface area contributed by atoms with Crippen molar-refractivity contribution < 1.29 is 18.7 Å². The fraction of sp³-hybridized carbons (Fsp3) is 0.786. The van der Waals surface area contributed by atoms with Gasteiger partial charge in [0.05, 0.1) is 18.3 Å². The molecule has 3 atom stereocenters. The minimum absolute atomic E-state index is 0.186. The number of aliphatic hydroxyl groups is 1. The highest BCUT2D eigenvalue weighted by Crippen LogP contribution is 2.37. The van der Waals surface area contributed by atoms with E-state index in [1.165, 1.54) is 5.56 Å². The summed E-state index contributed by atoms with van der Waals surface area (Å²) in [5.74, 6) is 0.251. The van der Waals surface area contributed by atoms with E-state index in [-0.39, 0.29) is 17.1 Å². The maximum Gasteiger partial charge on any atom is 0.192 e. The number of rotatable bonds is 16. The van der Waals surface area contributed by atoms with E-state index < -0.39 is 22.2 Å². The molecule has 0 unspecified atom stereocenters. The second kappa shape index (κ2) is 13.7. The van der Waals surface area contributed by atoms with Crippen LogP contribution in [-0.2, 0) is 20.2 Å². The molecule has 0 aliphatic heterocycles. The Bertz CT molecular complexity index is 673. The largest absolute Gasteiger partial charge is 0.417 e. The lowest BCUT2D eigenvalue weighted by atomic mass is 9.87. The van der Waals surface area contributed by atoms with Crippen molar-refractivity contribution in [3.05, 3.63) is 35.9 Å². The summed E-state index contributed by atoms with van der Waals surface area (Å²) in [6, 6.07) is 13.5. The highest BCUT2D eigenvalue weighted by atomic mass is 28.4. The molecular formula is C28H54O4Si2. The molecule has 1 rings (SSSR count). The molecule has 0 aliphatic rings. The van der Waals surface area contributed by atoms with Crippen molar-refractivity contribution in [2.75, 3.05) is 13.2 Å². The van der Waals surface area contributed by atoms with Crippen LogP contribution in [0.4, 0.5) is 0 Å². The topological polar surface area (TPSA) is 47.9 Å². The van der Waals surface area contributed by atoms with Gasteiger partial charge in [0, 0.05) is 13.2 Å². The van der Waals surface area contributed by atoms with Gasteiger partial charge in [-0.05, 0) is 67.5 Å². The van der Waals surface area contributed by atoms with Crippen LogP contribution in [0.25, 0.3) is 0 Å². The van der Waals surface area contributed by atoms with Gasteiger partial charge in [0.15, 0.2) is 16.6 Å². The molecule has 1 aromatic carbocycles. The summed E-state index contributed by atoms with van der Waals surface area (Å²) in [5, 5.41) is 11.9. The molecule has 4 nitrogen and oxygen atoms in total. The smallest absolute Gasteiger partial charge is 0.192 e. The van der Waals surface area contributed by atoms with Crippen LogP contribution in [0.5, 0.6) is 0 Å². The van der Waals surface area contributed by atoms with Crippen LogP contribution in [0.3, 0.4) is 0 Å². The van der Waals surface area contributed by atoms with E-state index in [1.54, 1.807) is 0 Å². The van der Waals surface area contributed by atoms with Gasteiger partial charge in [-0.1, -0.05) is 78.8 Å². The Hall–Kier alpha value is -0.506. The molecule has 1 N–H and O–H groups in total. The van der Waals surface area contributed by atoms with Gasteiger partial charge in [-0.3, -0.25) is 0 Å². The van der Waals surface area contributed by atoms with Crippen LogP contribution in [0, 0.1) is 5.92 Å². The van der Waals surface area contributed by atoms with Crippen LogP contribution >= 0.6 is 0 Å². The zero-order valence-corrected chi connectivity index (χ0v) is 25.9. The fourth-order valence-corrected chi connectivity index (χ4v) is 8.33. The van der Waals surface area contributed by atoms with Crippen molar-refractivity contribution in [1.29, 1.82) is 0 Å². The van der Waals surface area contributed by atoms with Gasteiger partial charge < -0.3 is 18.7 Å². The fourth-order valence-electron chi connectivity index (χ4n) is 4.22. The Kier molecular flexibility index (Phi) is 12.7. The van der Waals surface area contributed by atoms with Crippen LogP contribution in [0.15, 0.2) is 30.3 Å². The van der Waals surface area contributed by atoms with E-state index in [4.69, 9.17) is 13.6 Å². The highest BCUT2D eigenvalue weighted by Gasteiger charge is 2.41. The van der Waals surface area contributed by atoms with Crippen molar-refractivity contribution in [3.63, 3.8) is 0 Å². The van der Waals surface area contributed by atoms with E-state index in [1.807, 2.05) is 25.1 Å². The normalized spacial score (nSPS) is 16.8. The molecule has 34 heavy (non-hydrogen) atoms. The Morgan fingerprint density at radius 1 is 0.941 bits per heavy atom. The van der Waals surface area contributed by atoms with Gasteiger partial charge in [-0.2, -0.15) is 0 Å². The van der Waals surface area contributed by atoms with Crippen LogP contribution in [-0.4, -0.2) is 46.7 Å². The second-order valence-electron chi connectivity index (χ2n) is 11.9. The quantitative estimate of drug-likeness (QED) is 0.182. The first kappa shape index (κ1) is 31.5. The minimum Gasteiger partial charge on any atom is -0.417 e. The van der Waals surface area contributed by atoms with E-state index in [2.05, 4.69) is 73.7 Å². The Labute approximate surface area is 213 Å². The predicted molar refractivity (Wildman–Crippen MR) is 150 cm³/mol. The number of hydrogen-bond acceptors (Lipinski definition) is 4. The standard InChI is InChI=1S/C28H54O4Si2/c1-11-34(12-2,13-3)32-26(19-20-30-23-25-17-15-14-16-18-25)28(8,29)21-24(4)22-31-33(9,10)27(5,6)7/h14-18,24,26,29H,11-13,19-23H2,1-10H3/t24-,26-,28-/m1/s1. The van der Waals surface area contributed by atoms with E-state index in [9.17, 15) is 5.11 Å². The third kappa shape index (κ3) is 9.86. The summed E-state index contributed by atoms with van der Waals surface area (Å²) in [7, 11) is -3.69. The summed E-state index contributed by atoms with van der Waals surface area (Å²) in [5.41, 5.74) is 0.242. The van der Waals surface area contributed by atoms with Crippen molar-refractivity contribution >= 4 is 16.6 Å². The number of benzene rings is 1. The maximum atomic E-state index is 11.7. The maximum absolute atomic E-state index is 11.7. The molecule has 0 amide bonds. The molecule has 6 heteroatoms. The molecule has 0 fully saturated rings. The summed E-state index contributed by atoms with van der Waals surface area (Å²) in [4.78, 5) is 0. The molecule has 1 aromatic rings. The van der Waals surface area contributed by atoms with Crippen molar-refractivity contribution in [1.82, 2.24) is 0 Å². The SMILES string of the molecule is CC[Si](CC)(CC)O[C@H](CCOCc1ccccc1)[C@](C)(O)C[C@@H](C)CO[Si](C)(C)C(C)(C)C. The second-order valence-corrected chi connectivity index (χ2v) is 21.4. The van der Waals surface area contributed by atoms with Crippen molar-refractivity contribution in [3.8, 4) is 0 Å². The summed E-state index contributed by atoms with van der Waals surface area (Å²) in [6.45, 7) is 24.1. The first-order chi connectivity index (χ1) is 15.7. The lowest BCUT2D eigenvalue weighted by Gasteiger charge is -2.42. The zero-order chi connectivity index (χ0) is 26.0. The predicted octanol–water partition coefficient (Wildman–Crippen LogP) is 7.78. The third-order valence-electron chi connectivity index (χ3n) is 7.95. The Morgan fingerprint density at radius 2 is 1.50 bits per heavy atom. The molecule has 0 bridgehead atoms. The van der Waals surface area contributed by atoms with Gasteiger partial charge >= 0.3 is 0 Å². The van der Waals surface area contributed by atoms with Crippen molar-refractivity contribution in [2.45, 2.75) is 123 Å². The highest BCUT2D eigenvalue weighted by molar-refractivity contribution is 6.74. The average molecular weight is 511 g/mol. The molecule has 0 aliphatic carbocycles. The van der Waals surface area contributed by atoms with Gasteiger partial charge in [0.25, 0.3) is 0 Å². The van der Waals surface area contributed by atoms with Crippen LogP contribution in [0.2, 0.25) is 36.3 Å².